The Morgan fingerprint density at radius 3 is 2.50 bits per heavy atom. The molecule has 0 rings (SSSR count). The van der Waals surface area contributed by atoms with Crippen molar-refractivity contribution in [3.63, 3.8) is 0 Å². The third-order valence-corrected chi connectivity index (χ3v) is 2.30. The molecule has 0 aromatic heterocycles. The average Bonchev–Trinajstić information content (AvgIpc) is 1.97. The summed E-state index contributed by atoms with van der Waals surface area (Å²) in [6, 6.07) is 0. The van der Waals surface area contributed by atoms with Gasteiger partial charge in [0.05, 0.1) is 5.75 Å². The molecular formula is C7H14NNaO4S. The van der Waals surface area contributed by atoms with Gasteiger partial charge in [-0.25, -0.2) is 0 Å². The fourth-order valence-electron chi connectivity index (χ4n) is 0.765. The molecule has 0 aliphatic rings. The Kier molecular flexibility index (Phi) is 8.77. The van der Waals surface area contributed by atoms with Crippen molar-refractivity contribution in [1.82, 2.24) is 5.32 Å². The molecule has 0 radical (unpaired) electrons. The van der Waals surface area contributed by atoms with Gasteiger partial charge in [0.2, 0.25) is 5.91 Å². The van der Waals surface area contributed by atoms with Crippen molar-refractivity contribution in [2.45, 2.75) is 6.92 Å². The molecule has 0 spiro atoms. The van der Waals surface area contributed by atoms with Gasteiger partial charge >= 0.3 is 29.6 Å². The molecule has 0 saturated carbocycles. The topological polar surface area (TPSA) is 83.5 Å². The van der Waals surface area contributed by atoms with E-state index in [1.807, 2.05) is 0 Å². The molecule has 0 aromatic rings. The van der Waals surface area contributed by atoms with Crippen LogP contribution in [0.15, 0.2) is 12.7 Å². The number of rotatable bonds is 5. The first-order valence-electron chi connectivity index (χ1n) is 3.70. The monoisotopic (exact) mass is 231 g/mol. The molecule has 7 heteroatoms. The van der Waals surface area contributed by atoms with Crippen molar-refractivity contribution in [1.29, 1.82) is 0 Å². The van der Waals surface area contributed by atoms with Gasteiger partial charge in [-0.05, 0) is 12.0 Å². The Morgan fingerprint density at radius 2 is 2.14 bits per heavy atom. The van der Waals surface area contributed by atoms with Crippen molar-refractivity contribution in [2.24, 2.45) is 5.92 Å². The second-order valence-electron chi connectivity index (χ2n) is 2.80. The average molecular weight is 231 g/mol. The summed E-state index contributed by atoms with van der Waals surface area (Å²) in [6.45, 7) is 5.04. The number of carbonyl (C=O) groups excluding carboxylic acids is 1. The maximum atomic E-state index is 10.6. The van der Waals surface area contributed by atoms with E-state index in [-0.39, 0.29) is 53.7 Å². The maximum absolute atomic E-state index is 10.6. The van der Waals surface area contributed by atoms with Gasteiger partial charge < -0.3 is 5.32 Å². The van der Waals surface area contributed by atoms with Gasteiger partial charge in [0.15, 0.2) is 0 Å². The Labute approximate surface area is 106 Å². The molecular weight excluding hydrogens is 217 g/mol. The summed E-state index contributed by atoms with van der Waals surface area (Å²) in [5.74, 6) is -1.04. The third-order valence-electron chi connectivity index (χ3n) is 1.31. The summed E-state index contributed by atoms with van der Waals surface area (Å²) in [4.78, 5) is 10.6. The zero-order valence-corrected chi connectivity index (χ0v) is 8.17. The van der Waals surface area contributed by atoms with Crippen molar-refractivity contribution < 1.29 is 17.8 Å². The third kappa shape index (κ3) is 10.2. The predicted molar refractivity (Wildman–Crippen MR) is 55.9 cm³/mol. The first-order valence-corrected chi connectivity index (χ1v) is 5.31. The van der Waals surface area contributed by atoms with Crippen LogP contribution in [0.2, 0.25) is 0 Å². The summed E-state index contributed by atoms with van der Waals surface area (Å²) in [7, 11) is -3.96. The number of hydrogen-bond donors (Lipinski definition) is 2. The van der Waals surface area contributed by atoms with Crippen molar-refractivity contribution in [3.05, 3.63) is 12.7 Å². The van der Waals surface area contributed by atoms with Gasteiger partial charge in [0.25, 0.3) is 10.1 Å². The van der Waals surface area contributed by atoms with E-state index < -0.39 is 10.1 Å². The number of amides is 1. The Morgan fingerprint density at radius 1 is 1.64 bits per heavy atom. The van der Waals surface area contributed by atoms with Crippen LogP contribution in [0.3, 0.4) is 0 Å². The summed E-state index contributed by atoms with van der Waals surface area (Å²) < 4.78 is 29.2. The molecule has 1 amide bonds. The normalized spacial score (nSPS) is 12.4. The van der Waals surface area contributed by atoms with Crippen LogP contribution in [0, 0.1) is 5.92 Å². The van der Waals surface area contributed by atoms with Gasteiger partial charge in [-0.1, -0.05) is 13.5 Å². The Hall–Kier alpha value is 0.120. The summed E-state index contributed by atoms with van der Waals surface area (Å²) in [6.07, 6.45) is 1.10. The first kappa shape index (κ1) is 16.5. The molecule has 0 unspecified atom stereocenters. The van der Waals surface area contributed by atoms with Crippen LogP contribution in [-0.2, 0) is 14.9 Å². The van der Waals surface area contributed by atoms with Crippen molar-refractivity contribution in [3.8, 4) is 0 Å². The van der Waals surface area contributed by atoms with E-state index >= 15 is 0 Å². The van der Waals surface area contributed by atoms with E-state index in [0.717, 1.165) is 6.08 Å². The van der Waals surface area contributed by atoms with E-state index in [2.05, 4.69) is 11.9 Å². The van der Waals surface area contributed by atoms with Gasteiger partial charge in [-0.2, -0.15) is 8.42 Å². The zero-order valence-electron chi connectivity index (χ0n) is 7.36. The van der Waals surface area contributed by atoms with Crippen LogP contribution in [-0.4, -0.2) is 60.7 Å². The minimum absolute atomic E-state index is 0. The fourth-order valence-corrected chi connectivity index (χ4v) is 1.60. The van der Waals surface area contributed by atoms with Gasteiger partial charge in [0, 0.05) is 6.54 Å². The standard InChI is InChI=1S/C7H13NO4S.Na.H/c1-3-7(9)8-4-6(2)5-13(10,11)12;;/h3,6H,1,4-5H2,2H3,(H,8,9)(H,10,11,12);;/t6-;;/m0../s1. The molecule has 2 N–H and O–H groups in total. The summed E-state index contributed by atoms with van der Waals surface area (Å²) >= 11 is 0. The van der Waals surface area contributed by atoms with Crippen LogP contribution in [0.25, 0.3) is 0 Å². The fraction of sp³-hybridized carbons (Fsp3) is 0.571. The van der Waals surface area contributed by atoms with Gasteiger partial charge in [0.1, 0.15) is 0 Å². The molecule has 0 aliphatic carbocycles. The predicted octanol–water partition coefficient (Wildman–Crippen LogP) is -0.836. The van der Waals surface area contributed by atoms with E-state index in [1.165, 1.54) is 0 Å². The van der Waals surface area contributed by atoms with Crippen molar-refractivity contribution in [2.75, 3.05) is 12.3 Å². The van der Waals surface area contributed by atoms with E-state index in [0.29, 0.717) is 0 Å². The Balaban J connectivity index is 0. The molecule has 0 heterocycles. The first-order chi connectivity index (χ1) is 5.85. The minimum atomic E-state index is -3.96. The molecule has 5 nitrogen and oxygen atoms in total. The van der Waals surface area contributed by atoms with Crippen LogP contribution in [0.4, 0.5) is 0 Å². The summed E-state index contributed by atoms with van der Waals surface area (Å²) in [5, 5.41) is 2.42. The SMILES string of the molecule is C=CC(=O)NC[C@H](C)CS(=O)(=O)O.[NaH]. The second kappa shape index (κ2) is 7.42. The van der Waals surface area contributed by atoms with E-state index in [1.54, 1.807) is 6.92 Å². The number of carbonyl (C=O) groups is 1. The second-order valence-corrected chi connectivity index (χ2v) is 4.30. The number of hydrogen-bond acceptors (Lipinski definition) is 3. The van der Waals surface area contributed by atoms with Crippen LogP contribution < -0.4 is 5.32 Å². The van der Waals surface area contributed by atoms with E-state index in [9.17, 15) is 13.2 Å². The molecule has 0 saturated heterocycles. The van der Waals surface area contributed by atoms with Crippen LogP contribution in [0.5, 0.6) is 0 Å². The quantitative estimate of drug-likeness (QED) is 0.367. The van der Waals surface area contributed by atoms with Crippen LogP contribution >= 0.6 is 0 Å². The zero-order chi connectivity index (χ0) is 10.5. The molecule has 1 atom stereocenters. The molecule has 0 aromatic carbocycles. The molecule has 0 aliphatic heterocycles. The molecule has 78 valence electrons. The Bertz CT molecular complexity index is 288. The molecule has 0 bridgehead atoms. The van der Waals surface area contributed by atoms with Gasteiger partial charge in [-0.3, -0.25) is 9.35 Å². The van der Waals surface area contributed by atoms with Gasteiger partial charge in [-0.15, -0.1) is 0 Å². The molecule has 0 fully saturated rings. The van der Waals surface area contributed by atoms with E-state index in [4.69, 9.17) is 4.55 Å². The van der Waals surface area contributed by atoms with Crippen LogP contribution in [0.1, 0.15) is 6.92 Å². The summed E-state index contributed by atoms with van der Waals surface area (Å²) in [5.41, 5.74) is 0. The van der Waals surface area contributed by atoms with Crippen molar-refractivity contribution >= 4 is 45.6 Å². The number of nitrogens with one attached hydrogen (secondary N) is 1. The molecule has 14 heavy (non-hydrogen) atoms.